The normalized spacial score (nSPS) is 18.3. The summed E-state index contributed by atoms with van der Waals surface area (Å²) in [5, 5.41) is 0. The topological polar surface area (TPSA) is 20.3 Å². The van der Waals surface area contributed by atoms with Crippen molar-refractivity contribution in [2.24, 2.45) is 0 Å². The Labute approximate surface area is 132 Å². The molecule has 108 valence electrons. The molecule has 3 heteroatoms. The summed E-state index contributed by atoms with van der Waals surface area (Å²) in [4.78, 5) is 14.3. The van der Waals surface area contributed by atoms with Gasteiger partial charge in [-0.2, -0.15) is 0 Å². The van der Waals surface area contributed by atoms with E-state index < -0.39 is 20.9 Å². The number of unbranched alkanes of at least 4 members (excludes halogenated alkanes) is 1. The van der Waals surface area contributed by atoms with Crippen molar-refractivity contribution in [1.82, 2.24) is 4.90 Å². The van der Waals surface area contributed by atoms with Gasteiger partial charge in [0, 0.05) is 0 Å². The number of carbonyl (C=O) groups is 1. The number of piperidine rings is 1. The number of benzene rings is 1. The third-order valence-corrected chi connectivity index (χ3v) is 7.04. The van der Waals surface area contributed by atoms with Crippen LogP contribution in [0.4, 0.5) is 0 Å². The summed E-state index contributed by atoms with van der Waals surface area (Å²) in [6.45, 7) is 3.13. The molecule has 0 aromatic heterocycles. The molecular weight excluding hydrogens is 362 g/mol. The molecule has 1 amide bonds. The molecule has 1 fully saturated rings. The quantitative estimate of drug-likeness (QED) is 0.564. The molecule has 1 saturated heterocycles. The second-order valence-electron chi connectivity index (χ2n) is 5.25. The second-order valence-corrected chi connectivity index (χ2v) is 8.59. The molecule has 1 heterocycles. The van der Waals surface area contributed by atoms with Crippen molar-refractivity contribution >= 4 is 30.4 Å². The molecular formula is C17H23NOTe. The van der Waals surface area contributed by atoms with Gasteiger partial charge >= 0.3 is 132 Å². The van der Waals surface area contributed by atoms with E-state index in [1.165, 1.54) is 20.1 Å². The summed E-state index contributed by atoms with van der Waals surface area (Å²) in [6, 6.07) is 10.7. The summed E-state index contributed by atoms with van der Waals surface area (Å²) in [5.41, 5.74) is 1.14. The van der Waals surface area contributed by atoms with Gasteiger partial charge in [-0.3, -0.25) is 0 Å². The molecule has 0 aliphatic carbocycles. The van der Waals surface area contributed by atoms with Gasteiger partial charge in [-0.1, -0.05) is 0 Å². The molecule has 2 rings (SSSR count). The van der Waals surface area contributed by atoms with Gasteiger partial charge in [-0.15, -0.1) is 0 Å². The van der Waals surface area contributed by atoms with Gasteiger partial charge in [0.15, 0.2) is 0 Å². The van der Waals surface area contributed by atoms with Crippen LogP contribution in [0.2, 0.25) is 0 Å². The molecule has 0 radical (unpaired) electrons. The average molecular weight is 385 g/mol. The Hall–Kier alpha value is -0.780. The SMILES string of the molecule is CCCC/C([Te]c1ccccc1)=C1\CCCN(C)C1=O. The van der Waals surface area contributed by atoms with E-state index in [2.05, 4.69) is 37.3 Å². The van der Waals surface area contributed by atoms with Gasteiger partial charge in [0.1, 0.15) is 0 Å². The summed E-state index contributed by atoms with van der Waals surface area (Å²) >= 11 is -0.395. The van der Waals surface area contributed by atoms with E-state index in [9.17, 15) is 4.79 Å². The average Bonchev–Trinajstić information content (AvgIpc) is 2.48. The number of rotatable bonds is 5. The third kappa shape index (κ3) is 4.11. The minimum atomic E-state index is -0.395. The van der Waals surface area contributed by atoms with Crippen molar-refractivity contribution in [3.8, 4) is 0 Å². The van der Waals surface area contributed by atoms with Crippen LogP contribution in [0.3, 0.4) is 0 Å². The molecule has 2 nitrogen and oxygen atoms in total. The first-order valence-corrected chi connectivity index (χ1v) is 9.75. The van der Waals surface area contributed by atoms with Gasteiger partial charge in [0.2, 0.25) is 0 Å². The van der Waals surface area contributed by atoms with E-state index in [0.29, 0.717) is 0 Å². The maximum absolute atomic E-state index is 12.4. The van der Waals surface area contributed by atoms with Crippen LogP contribution in [0.25, 0.3) is 0 Å². The van der Waals surface area contributed by atoms with Crippen LogP contribution in [-0.4, -0.2) is 45.3 Å². The second kappa shape index (κ2) is 7.86. The van der Waals surface area contributed by atoms with Crippen molar-refractivity contribution in [2.45, 2.75) is 39.0 Å². The molecule has 0 spiro atoms. The van der Waals surface area contributed by atoms with Crippen molar-refractivity contribution in [2.75, 3.05) is 13.6 Å². The number of hydrogen-bond donors (Lipinski definition) is 0. The van der Waals surface area contributed by atoms with E-state index in [0.717, 1.165) is 31.4 Å². The van der Waals surface area contributed by atoms with Gasteiger partial charge in [0.05, 0.1) is 0 Å². The molecule has 1 aromatic rings. The van der Waals surface area contributed by atoms with Gasteiger partial charge in [-0.25, -0.2) is 0 Å². The monoisotopic (exact) mass is 387 g/mol. The summed E-state index contributed by atoms with van der Waals surface area (Å²) in [7, 11) is 1.93. The van der Waals surface area contributed by atoms with E-state index in [1.807, 2.05) is 11.9 Å². The number of hydrogen-bond acceptors (Lipinski definition) is 1. The molecule has 1 aliphatic rings. The van der Waals surface area contributed by atoms with E-state index in [-0.39, 0.29) is 5.91 Å². The number of allylic oxidation sites excluding steroid dienone is 1. The Bertz CT molecular complexity index is 481. The van der Waals surface area contributed by atoms with Crippen LogP contribution < -0.4 is 3.61 Å². The Morgan fingerprint density at radius 3 is 2.75 bits per heavy atom. The van der Waals surface area contributed by atoms with Crippen LogP contribution in [0.15, 0.2) is 39.5 Å². The minimum absolute atomic E-state index is 0.281. The first-order valence-electron chi connectivity index (χ1n) is 7.42. The van der Waals surface area contributed by atoms with Crippen LogP contribution >= 0.6 is 0 Å². The van der Waals surface area contributed by atoms with Crippen molar-refractivity contribution in [3.05, 3.63) is 39.5 Å². The molecule has 1 aliphatic heterocycles. The number of nitrogens with zero attached hydrogens (tertiary/aromatic N) is 1. The van der Waals surface area contributed by atoms with E-state index in [4.69, 9.17) is 0 Å². The Balaban J connectivity index is 2.23. The van der Waals surface area contributed by atoms with Crippen molar-refractivity contribution in [3.63, 3.8) is 0 Å². The number of likely N-dealkylation sites (tertiary alicyclic amines) is 1. The van der Waals surface area contributed by atoms with Crippen LogP contribution in [-0.2, 0) is 4.79 Å². The standard InChI is InChI=1S/C17H23NOTe/c1-3-4-12-16(20-14-9-6-5-7-10-14)15-11-8-13-18(2)17(15)19/h5-7,9-10H,3-4,8,11-13H2,1-2H3/b16-15-. The fourth-order valence-corrected chi connectivity index (χ4v) is 5.67. The van der Waals surface area contributed by atoms with Gasteiger partial charge in [0.25, 0.3) is 0 Å². The predicted molar refractivity (Wildman–Crippen MR) is 85.3 cm³/mol. The number of likely N-dealkylation sites (N-methyl/N-ethyl adjacent to an activating group) is 1. The molecule has 1 aromatic carbocycles. The molecule has 0 atom stereocenters. The summed E-state index contributed by atoms with van der Waals surface area (Å²) < 4.78 is 2.93. The Morgan fingerprint density at radius 2 is 2.05 bits per heavy atom. The third-order valence-electron chi connectivity index (χ3n) is 3.60. The summed E-state index contributed by atoms with van der Waals surface area (Å²) in [6.07, 6.45) is 5.62. The number of carbonyl (C=O) groups excluding carboxylic acids is 1. The Kier molecular flexibility index (Phi) is 6.13. The zero-order chi connectivity index (χ0) is 14.4. The molecule has 0 bridgehead atoms. The zero-order valence-corrected chi connectivity index (χ0v) is 14.7. The molecule has 0 saturated carbocycles. The van der Waals surface area contributed by atoms with Crippen molar-refractivity contribution in [1.29, 1.82) is 0 Å². The van der Waals surface area contributed by atoms with Crippen LogP contribution in [0.1, 0.15) is 39.0 Å². The maximum atomic E-state index is 12.4. The van der Waals surface area contributed by atoms with Gasteiger partial charge in [-0.05, 0) is 0 Å². The zero-order valence-electron chi connectivity index (χ0n) is 12.4. The fourth-order valence-electron chi connectivity index (χ4n) is 2.42. The number of amides is 1. The molecule has 20 heavy (non-hydrogen) atoms. The molecule has 0 unspecified atom stereocenters. The first-order chi connectivity index (χ1) is 9.72. The van der Waals surface area contributed by atoms with E-state index in [1.54, 1.807) is 0 Å². The van der Waals surface area contributed by atoms with Crippen LogP contribution in [0, 0.1) is 0 Å². The summed E-state index contributed by atoms with van der Waals surface area (Å²) in [5.74, 6) is 0.281. The van der Waals surface area contributed by atoms with Crippen molar-refractivity contribution < 1.29 is 4.79 Å². The molecule has 0 N–H and O–H groups in total. The van der Waals surface area contributed by atoms with E-state index >= 15 is 0 Å². The predicted octanol–water partition coefficient (Wildman–Crippen LogP) is 2.71. The first kappa shape index (κ1) is 15.6. The van der Waals surface area contributed by atoms with Gasteiger partial charge < -0.3 is 0 Å². The Morgan fingerprint density at radius 1 is 1.30 bits per heavy atom. The fraction of sp³-hybridized carbons (Fsp3) is 0.471. The van der Waals surface area contributed by atoms with Crippen LogP contribution in [0.5, 0.6) is 0 Å².